The van der Waals surface area contributed by atoms with Crippen molar-refractivity contribution in [2.45, 2.75) is 64.1 Å². The van der Waals surface area contributed by atoms with Crippen LogP contribution in [0.4, 0.5) is 26.3 Å². The minimum Gasteiger partial charge on any atom is -0.403 e. The van der Waals surface area contributed by atoms with E-state index in [2.05, 4.69) is 11.7 Å². The Morgan fingerprint density at radius 2 is 1.77 bits per heavy atom. The Morgan fingerprint density at radius 3 is 2.45 bits per heavy atom. The third kappa shape index (κ3) is 4.41. The number of ether oxygens (including phenoxy) is 1. The largest absolute Gasteiger partial charge is 0.573 e. The Kier molecular flexibility index (Phi) is 5.97. The van der Waals surface area contributed by atoms with Gasteiger partial charge in [-0.2, -0.15) is 0 Å². The molecule has 0 spiro atoms. The highest BCUT2D eigenvalue weighted by Crippen LogP contribution is 2.49. The van der Waals surface area contributed by atoms with Crippen LogP contribution in [0.2, 0.25) is 0 Å². The van der Waals surface area contributed by atoms with Crippen LogP contribution in [0.5, 0.6) is 5.75 Å². The number of benzene rings is 2. The van der Waals surface area contributed by atoms with E-state index in [0.29, 0.717) is 35.4 Å². The maximum Gasteiger partial charge on any atom is 0.573 e. The van der Waals surface area contributed by atoms with Gasteiger partial charge in [-0.1, -0.05) is 25.8 Å². The second-order valence-electron chi connectivity index (χ2n) is 8.68. The van der Waals surface area contributed by atoms with Crippen LogP contribution < -0.4 is 4.74 Å². The molecule has 168 valence electrons. The Balaban J connectivity index is 1.66. The number of fused-ring (bicyclic) bond motifs is 3. The molecule has 0 heterocycles. The van der Waals surface area contributed by atoms with Crippen molar-refractivity contribution in [1.82, 2.24) is 0 Å². The minimum atomic E-state index is -5.06. The molecule has 1 saturated carbocycles. The Bertz CT molecular complexity index is 968. The summed E-state index contributed by atoms with van der Waals surface area (Å²) < 4.78 is 85.2. The zero-order chi connectivity index (χ0) is 22.3. The smallest absolute Gasteiger partial charge is 0.403 e. The number of hydrogen-bond donors (Lipinski definition) is 0. The van der Waals surface area contributed by atoms with Crippen LogP contribution in [0.15, 0.2) is 24.3 Å². The summed E-state index contributed by atoms with van der Waals surface area (Å²) in [5, 5.41) is 0. The van der Waals surface area contributed by atoms with E-state index in [-0.39, 0.29) is 11.5 Å². The first-order valence-electron chi connectivity index (χ1n) is 10.7. The number of hydrogen-bond acceptors (Lipinski definition) is 1. The standard InChI is InChI=1S/C24H24F6O/c1-2-3-13-4-7-16-14(10-13)5-8-17-18(16)12-20(26)22(23(17)27)15-6-9-21(19(25)11-15)31-24(28,29)30/h6,9,11-14,16H,2-5,7-8,10H2,1H3. The van der Waals surface area contributed by atoms with Crippen molar-refractivity contribution in [3.8, 4) is 16.9 Å². The lowest BCUT2D eigenvalue weighted by Gasteiger charge is -2.41. The van der Waals surface area contributed by atoms with E-state index in [1.807, 2.05) is 0 Å². The van der Waals surface area contributed by atoms with Crippen molar-refractivity contribution in [2.24, 2.45) is 11.8 Å². The van der Waals surface area contributed by atoms with Crippen molar-refractivity contribution in [2.75, 3.05) is 0 Å². The van der Waals surface area contributed by atoms with E-state index in [1.54, 1.807) is 0 Å². The molecule has 7 heteroatoms. The molecule has 0 N–H and O–H groups in total. The van der Waals surface area contributed by atoms with Crippen molar-refractivity contribution in [3.63, 3.8) is 0 Å². The second-order valence-corrected chi connectivity index (χ2v) is 8.68. The highest BCUT2D eigenvalue weighted by Gasteiger charge is 2.37. The Hall–Kier alpha value is -2.18. The summed E-state index contributed by atoms with van der Waals surface area (Å²) in [6, 6.07) is 3.81. The van der Waals surface area contributed by atoms with Gasteiger partial charge in [-0.25, -0.2) is 13.2 Å². The Morgan fingerprint density at radius 1 is 1.00 bits per heavy atom. The van der Waals surface area contributed by atoms with Gasteiger partial charge in [-0.3, -0.25) is 0 Å². The van der Waals surface area contributed by atoms with E-state index in [9.17, 15) is 17.6 Å². The number of alkyl halides is 3. The molecule has 1 nitrogen and oxygen atoms in total. The Labute approximate surface area is 177 Å². The van der Waals surface area contributed by atoms with Gasteiger partial charge in [0, 0.05) is 0 Å². The first kappa shape index (κ1) is 22.0. The molecule has 1 fully saturated rings. The summed E-state index contributed by atoms with van der Waals surface area (Å²) in [5.74, 6) is -2.73. The normalized spacial score (nSPS) is 23.3. The molecule has 2 aromatic rings. The molecule has 0 saturated heterocycles. The monoisotopic (exact) mass is 442 g/mol. The molecule has 0 aliphatic heterocycles. The molecule has 0 aromatic heterocycles. The van der Waals surface area contributed by atoms with Crippen molar-refractivity contribution in [3.05, 3.63) is 52.8 Å². The molecular weight excluding hydrogens is 418 g/mol. The summed E-state index contributed by atoms with van der Waals surface area (Å²) in [5.41, 5.74) is 0.581. The van der Waals surface area contributed by atoms with E-state index in [4.69, 9.17) is 0 Å². The van der Waals surface area contributed by atoms with Gasteiger partial charge in [0.2, 0.25) is 0 Å². The molecule has 4 rings (SSSR count). The first-order valence-corrected chi connectivity index (χ1v) is 10.7. The van der Waals surface area contributed by atoms with Crippen molar-refractivity contribution < 1.29 is 31.1 Å². The van der Waals surface area contributed by atoms with Crippen LogP contribution in [0.25, 0.3) is 11.1 Å². The van der Waals surface area contributed by atoms with Gasteiger partial charge < -0.3 is 4.74 Å². The molecule has 0 amide bonds. The number of halogens is 6. The summed E-state index contributed by atoms with van der Waals surface area (Å²) >= 11 is 0. The molecule has 2 aromatic carbocycles. The van der Waals surface area contributed by atoms with E-state index < -0.39 is 35.1 Å². The summed E-state index contributed by atoms with van der Waals surface area (Å²) in [6.07, 6.45) is 1.58. The van der Waals surface area contributed by atoms with Crippen LogP contribution in [0, 0.1) is 29.3 Å². The first-order chi connectivity index (χ1) is 14.7. The van der Waals surface area contributed by atoms with Gasteiger partial charge in [-0.05, 0) is 84.7 Å². The van der Waals surface area contributed by atoms with Crippen LogP contribution in [0.3, 0.4) is 0 Å². The molecule has 2 aliphatic rings. The van der Waals surface area contributed by atoms with Crippen LogP contribution >= 0.6 is 0 Å². The average molecular weight is 442 g/mol. The third-order valence-electron chi connectivity index (χ3n) is 6.75. The molecule has 0 radical (unpaired) electrons. The van der Waals surface area contributed by atoms with E-state index >= 15 is 8.78 Å². The van der Waals surface area contributed by atoms with E-state index in [0.717, 1.165) is 44.2 Å². The van der Waals surface area contributed by atoms with Crippen LogP contribution in [-0.4, -0.2) is 6.36 Å². The SMILES string of the molecule is CCCC1CCC2c3cc(F)c(-c4ccc(OC(F)(F)F)c(F)c4)c(F)c3CCC2C1. The van der Waals surface area contributed by atoms with Crippen LogP contribution in [-0.2, 0) is 6.42 Å². The van der Waals surface area contributed by atoms with Gasteiger partial charge in [0.1, 0.15) is 11.6 Å². The maximum atomic E-state index is 15.4. The lowest BCUT2D eigenvalue weighted by molar-refractivity contribution is -0.275. The zero-order valence-corrected chi connectivity index (χ0v) is 17.2. The highest BCUT2D eigenvalue weighted by atomic mass is 19.4. The van der Waals surface area contributed by atoms with Gasteiger partial charge in [0.05, 0.1) is 5.56 Å². The van der Waals surface area contributed by atoms with Gasteiger partial charge in [-0.15, -0.1) is 13.2 Å². The van der Waals surface area contributed by atoms with Crippen LogP contribution in [0.1, 0.15) is 62.5 Å². The minimum absolute atomic E-state index is 0.120. The molecule has 31 heavy (non-hydrogen) atoms. The predicted molar refractivity (Wildman–Crippen MR) is 105 cm³/mol. The number of rotatable bonds is 4. The van der Waals surface area contributed by atoms with E-state index in [1.165, 1.54) is 12.5 Å². The van der Waals surface area contributed by atoms with Crippen molar-refractivity contribution >= 4 is 0 Å². The fraction of sp³-hybridized carbons (Fsp3) is 0.500. The van der Waals surface area contributed by atoms with Crippen molar-refractivity contribution in [1.29, 1.82) is 0 Å². The average Bonchev–Trinajstić information content (AvgIpc) is 2.69. The molecule has 0 bridgehead atoms. The lowest BCUT2D eigenvalue weighted by atomic mass is 9.64. The molecular formula is C24H24F6O. The summed E-state index contributed by atoms with van der Waals surface area (Å²) in [6.45, 7) is 2.17. The van der Waals surface area contributed by atoms with Gasteiger partial charge in [0.25, 0.3) is 0 Å². The zero-order valence-electron chi connectivity index (χ0n) is 17.2. The fourth-order valence-electron chi connectivity index (χ4n) is 5.48. The van der Waals surface area contributed by atoms with Gasteiger partial charge >= 0.3 is 6.36 Å². The maximum absolute atomic E-state index is 15.4. The fourth-order valence-corrected chi connectivity index (χ4v) is 5.48. The van der Waals surface area contributed by atoms with Gasteiger partial charge in [0.15, 0.2) is 11.6 Å². The summed E-state index contributed by atoms with van der Waals surface area (Å²) in [4.78, 5) is 0. The topological polar surface area (TPSA) is 9.23 Å². The quantitative estimate of drug-likeness (QED) is 0.437. The lowest BCUT2D eigenvalue weighted by Crippen LogP contribution is -2.29. The molecule has 2 aliphatic carbocycles. The second kappa shape index (κ2) is 8.40. The molecule has 3 unspecified atom stereocenters. The predicted octanol–water partition coefficient (Wildman–Crippen LogP) is 7.92. The highest BCUT2D eigenvalue weighted by molar-refractivity contribution is 5.68. The molecule has 3 atom stereocenters. The third-order valence-corrected chi connectivity index (χ3v) is 6.75. The summed E-state index contributed by atoms with van der Waals surface area (Å²) in [7, 11) is 0.